The molecule has 1 aromatic heterocycles. The lowest BCUT2D eigenvalue weighted by Crippen LogP contribution is -2.09. The molecule has 2 aromatic carbocycles. The Morgan fingerprint density at radius 1 is 1.19 bits per heavy atom. The van der Waals surface area contributed by atoms with Crippen molar-refractivity contribution in [1.82, 2.24) is 9.55 Å². The van der Waals surface area contributed by atoms with Crippen molar-refractivity contribution >= 4 is 50.7 Å². The number of para-hydroxylation sites is 2. The van der Waals surface area contributed by atoms with Crippen LogP contribution in [0, 0.1) is 0 Å². The number of halogens is 1. The first-order valence-electron chi connectivity index (χ1n) is 7.70. The van der Waals surface area contributed by atoms with Crippen LogP contribution in [0.25, 0.3) is 11.0 Å². The molecule has 3 aromatic rings. The number of fused-ring (bicyclic) bond motifs is 1. The van der Waals surface area contributed by atoms with Crippen LogP contribution in [-0.4, -0.2) is 32.1 Å². The molecule has 0 saturated carbocycles. The lowest BCUT2D eigenvalue weighted by Gasteiger charge is -2.07. The second-order valence-corrected chi connectivity index (χ2v) is 6.79. The smallest absolute Gasteiger partial charge is 0.338 e. The van der Waals surface area contributed by atoms with E-state index in [0.29, 0.717) is 16.5 Å². The van der Waals surface area contributed by atoms with E-state index in [2.05, 4.69) is 20.9 Å². The van der Waals surface area contributed by atoms with Gasteiger partial charge in [-0.3, -0.25) is 4.79 Å². The minimum Gasteiger partial charge on any atom is -0.480 e. The molecular weight excluding hydrogens is 420 g/mol. The van der Waals surface area contributed by atoms with E-state index >= 15 is 0 Å². The largest absolute Gasteiger partial charge is 0.480 e. The fraction of sp³-hybridized carbons (Fsp3) is 0.167. The molecule has 0 atom stereocenters. The number of aromatic nitrogens is 2. The Kier molecular flexibility index (Phi) is 5.95. The number of benzene rings is 2. The average molecular weight is 435 g/mol. The van der Waals surface area contributed by atoms with Crippen LogP contribution in [-0.2, 0) is 21.8 Å². The molecule has 134 valence electrons. The summed E-state index contributed by atoms with van der Waals surface area (Å²) in [4.78, 5) is 27.6. The summed E-state index contributed by atoms with van der Waals surface area (Å²) in [5.41, 5.74) is 3.08. The molecule has 0 aliphatic rings. The van der Waals surface area contributed by atoms with E-state index in [1.165, 1.54) is 11.8 Å². The normalized spacial score (nSPS) is 10.8. The predicted molar refractivity (Wildman–Crippen MR) is 103 cm³/mol. The minimum atomic E-state index is -0.922. The number of ether oxygens (including phenoxy) is 1. The number of esters is 1. The lowest BCUT2D eigenvalue weighted by molar-refractivity contribution is -0.137. The zero-order chi connectivity index (χ0) is 18.5. The molecule has 0 spiro atoms. The van der Waals surface area contributed by atoms with Gasteiger partial charge in [0.05, 0.1) is 16.6 Å². The van der Waals surface area contributed by atoms with E-state index in [0.717, 1.165) is 16.6 Å². The van der Waals surface area contributed by atoms with Crippen LogP contribution in [0.1, 0.15) is 15.9 Å². The average Bonchev–Trinajstić information content (AvgIpc) is 2.97. The van der Waals surface area contributed by atoms with E-state index in [1.54, 1.807) is 22.8 Å². The topological polar surface area (TPSA) is 81.4 Å². The van der Waals surface area contributed by atoms with Gasteiger partial charge in [-0.25, -0.2) is 9.78 Å². The van der Waals surface area contributed by atoms with Gasteiger partial charge in [-0.05, 0) is 45.8 Å². The van der Waals surface area contributed by atoms with Crippen LogP contribution in [0.4, 0.5) is 0 Å². The number of rotatable bonds is 7. The molecule has 0 amide bonds. The van der Waals surface area contributed by atoms with E-state index in [4.69, 9.17) is 4.74 Å². The van der Waals surface area contributed by atoms with Crippen LogP contribution in [0.15, 0.2) is 53.7 Å². The highest BCUT2D eigenvalue weighted by Crippen LogP contribution is 2.27. The fourth-order valence-corrected chi connectivity index (χ4v) is 3.69. The Balaban J connectivity index is 1.82. The van der Waals surface area contributed by atoms with Crippen molar-refractivity contribution in [3.05, 3.63) is 59.7 Å². The van der Waals surface area contributed by atoms with Crippen LogP contribution in [0.5, 0.6) is 0 Å². The molecule has 8 heteroatoms. The first-order valence-corrected chi connectivity index (χ1v) is 9.81. The van der Waals surface area contributed by atoms with Gasteiger partial charge >= 0.3 is 11.9 Å². The van der Waals surface area contributed by atoms with Gasteiger partial charge in [0.15, 0.2) is 5.16 Å². The van der Waals surface area contributed by atoms with Crippen molar-refractivity contribution in [3.63, 3.8) is 0 Å². The number of carboxylic acid groups (broad SMARTS) is 1. The number of hydrogen-bond donors (Lipinski definition) is 1. The highest BCUT2D eigenvalue weighted by Gasteiger charge is 2.14. The first-order chi connectivity index (χ1) is 12.6. The number of alkyl halides is 1. The van der Waals surface area contributed by atoms with Gasteiger partial charge in [0.2, 0.25) is 0 Å². The van der Waals surface area contributed by atoms with Crippen LogP contribution in [0.2, 0.25) is 0 Å². The highest BCUT2D eigenvalue weighted by molar-refractivity contribution is 9.09. The maximum Gasteiger partial charge on any atom is 0.338 e. The van der Waals surface area contributed by atoms with Crippen molar-refractivity contribution in [2.75, 3.05) is 5.52 Å². The third-order valence-electron chi connectivity index (χ3n) is 3.63. The molecule has 0 radical (unpaired) electrons. The summed E-state index contributed by atoms with van der Waals surface area (Å²) in [7, 11) is 0. The molecule has 0 unspecified atom stereocenters. The van der Waals surface area contributed by atoms with E-state index < -0.39 is 11.9 Å². The summed E-state index contributed by atoms with van der Waals surface area (Å²) in [6.45, 7) is -0.152. The molecule has 6 nitrogen and oxygen atoms in total. The highest BCUT2D eigenvalue weighted by atomic mass is 79.9. The molecule has 3 rings (SSSR count). The maximum absolute atomic E-state index is 11.8. The maximum atomic E-state index is 11.8. The number of nitrogens with zero attached hydrogens (tertiary/aromatic N) is 2. The second kappa shape index (κ2) is 8.37. The fourth-order valence-electron chi connectivity index (χ4n) is 2.52. The van der Waals surface area contributed by atoms with Gasteiger partial charge in [-0.15, -0.1) is 0 Å². The zero-order valence-electron chi connectivity index (χ0n) is 13.6. The molecule has 1 N–H and O–H groups in total. The molecule has 0 aliphatic carbocycles. The van der Waals surface area contributed by atoms with Crippen molar-refractivity contribution in [2.24, 2.45) is 0 Å². The standard InChI is InChI=1S/C18H15BrN2O4S/c19-11-25-17(24)13-5-3-4-12(8-13)10-26-18-20-14-6-1-2-7-15(14)21(18)9-16(22)23/h1-8H,9-11H2,(H,22,23). The summed E-state index contributed by atoms with van der Waals surface area (Å²) in [5, 5.41) is 9.82. The number of hydrogen-bond acceptors (Lipinski definition) is 5. The molecule has 1 heterocycles. The Morgan fingerprint density at radius 3 is 2.77 bits per heavy atom. The lowest BCUT2D eigenvalue weighted by atomic mass is 10.1. The van der Waals surface area contributed by atoms with Gasteiger partial charge in [-0.2, -0.15) is 0 Å². The summed E-state index contributed by atoms with van der Waals surface area (Å²) >= 11 is 4.49. The van der Waals surface area contributed by atoms with Gasteiger partial charge in [0.1, 0.15) is 12.1 Å². The SMILES string of the molecule is O=C(O)Cn1c(SCc2cccc(C(=O)OCBr)c2)nc2ccccc21. The number of carboxylic acids is 1. The Bertz CT molecular complexity index is 957. The van der Waals surface area contributed by atoms with Crippen molar-refractivity contribution in [2.45, 2.75) is 17.5 Å². The molecule has 0 saturated heterocycles. The van der Waals surface area contributed by atoms with Crippen LogP contribution >= 0.6 is 27.7 Å². The molecule has 0 fully saturated rings. The van der Waals surface area contributed by atoms with Crippen LogP contribution < -0.4 is 0 Å². The van der Waals surface area contributed by atoms with Crippen molar-refractivity contribution in [1.29, 1.82) is 0 Å². The molecule has 0 bridgehead atoms. The number of imidazole rings is 1. The predicted octanol–water partition coefficient (Wildman–Crippen LogP) is 3.92. The third kappa shape index (κ3) is 4.25. The molecule has 0 aliphatic heterocycles. The Hall–Kier alpha value is -2.32. The quantitative estimate of drug-likeness (QED) is 0.344. The molecular formula is C18H15BrN2O4S. The summed E-state index contributed by atoms with van der Waals surface area (Å²) in [6, 6.07) is 14.6. The van der Waals surface area contributed by atoms with Crippen LogP contribution in [0.3, 0.4) is 0 Å². The zero-order valence-corrected chi connectivity index (χ0v) is 16.0. The van der Waals surface area contributed by atoms with Crippen molar-refractivity contribution < 1.29 is 19.4 Å². The molecule has 26 heavy (non-hydrogen) atoms. The summed E-state index contributed by atoms with van der Waals surface area (Å²) in [6.07, 6.45) is 0. The number of carbonyl (C=O) groups excluding carboxylic acids is 1. The summed E-state index contributed by atoms with van der Waals surface area (Å²) < 4.78 is 6.62. The third-order valence-corrected chi connectivity index (χ3v) is 4.91. The summed E-state index contributed by atoms with van der Waals surface area (Å²) in [5.74, 6) is -0.764. The Labute approximate surface area is 162 Å². The van der Waals surface area contributed by atoms with Gasteiger partial charge in [-0.1, -0.05) is 36.0 Å². The number of thioether (sulfide) groups is 1. The first kappa shape index (κ1) is 18.5. The number of aliphatic carboxylic acids is 1. The van der Waals surface area contributed by atoms with Gasteiger partial charge in [0.25, 0.3) is 0 Å². The number of carbonyl (C=O) groups is 2. The second-order valence-electron chi connectivity index (χ2n) is 5.39. The van der Waals surface area contributed by atoms with E-state index in [9.17, 15) is 14.7 Å². The van der Waals surface area contributed by atoms with E-state index in [1.807, 2.05) is 30.3 Å². The van der Waals surface area contributed by atoms with Gasteiger partial charge in [0, 0.05) is 5.75 Å². The van der Waals surface area contributed by atoms with Gasteiger partial charge < -0.3 is 14.4 Å². The Morgan fingerprint density at radius 2 is 2.00 bits per heavy atom. The minimum absolute atomic E-state index is 0.143. The van der Waals surface area contributed by atoms with Crippen molar-refractivity contribution in [3.8, 4) is 0 Å². The van der Waals surface area contributed by atoms with E-state index in [-0.39, 0.29) is 12.1 Å². The monoisotopic (exact) mass is 434 g/mol.